The molecule has 54 valence electrons. The topological polar surface area (TPSA) is 26.0 Å². The molecule has 0 aliphatic heterocycles. The van der Waals surface area contributed by atoms with Crippen LogP contribution in [0.15, 0.2) is 12.7 Å². The second-order valence-electron chi connectivity index (χ2n) is 2.13. The Bertz CT molecular complexity index is 73.3. The van der Waals surface area contributed by atoms with Crippen molar-refractivity contribution in [1.29, 1.82) is 0 Å². The predicted molar refractivity (Wildman–Crippen MR) is 45.2 cm³/mol. The van der Waals surface area contributed by atoms with E-state index in [1.54, 1.807) is 0 Å². The molecule has 0 aliphatic carbocycles. The van der Waals surface area contributed by atoms with Crippen LogP contribution >= 0.6 is 11.9 Å². The minimum atomic E-state index is 0.734. The Morgan fingerprint density at radius 1 is 1.78 bits per heavy atom. The smallest absolute Gasteiger partial charge is 0.0108 e. The molecule has 0 amide bonds. The zero-order valence-electron chi connectivity index (χ0n) is 5.97. The average molecular weight is 145 g/mol. The summed E-state index contributed by atoms with van der Waals surface area (Å²) in [5.41, 5.74) is 0. The third-order valence-electron chi connectivity index (χ3n) is 1.41. The standard InChI is InChI=1S/C7H15NS/c1-3-5-7(4-2)6-9-8/h3,7H,1,4-6,8H2,2H3/t7-/m0/s1. The fraction of sp³-hybridized carbons (Fsp3) is 0.714. The summed E-state index contributed by atoms with van der Waals surface area (Å²) in [6, 6.07) is 0. The molecule has 0 saturated heterocycles. The molecular formula is C7H15NS. The van der Waals surface area contributed by atoms with Crippen LogP contribution in [-0.2, 0) is 0 Å². The molecular weight excluding hydrogens is 130 g/mol. The molecule has 0 radical (unpaired) electrons. The number of hydrogen-bond acceptors (Lipinski definition) is 2. The first-order chi connectivity index (χ1) is 4.35. The number of allylic oxidation sites excluding steroid dienone is 1. The van der Waals surface area contributed by atoms with Crippen molar-refractivity contribution in [3.05, 3.63) is 12.7 Å². The van der Waals surface area contributed by atoms with Gasteiger partial charge in [0, 0.05) is 5.75 Å². The van der Waals surface area contributed by atoms with Crippen LogP contribution in [-0.4, -0.2) is 5.75 Å². The van der Waals surface area contributed by atoms with Crippen LogP contribution in [0, 0.1) is 5.92 Å². The molecule has 1 nitrogen and oxygen atoms in total. The molecule has 0 aromatic rings. The molecule has 2 N–H and O–H groups in total. The summed E-state index contributed by atoms with van der Waals surface area (Å²) < 4.78 is 0. The fourth-order valence-electron chi connectivity index (χ4n) is 0.724. The van der Waals surface area contributed by atoms with Gasteiger partial charge in [-0.2, -0.15) is 0 Å². The molecule has 0 bridgehead atoms. The fourth-order valence-corrected chi connectivity index (χ4v) is 1.37. The Kier molecular flexibility index (Phi) is 6.21. The van der Waals surface area contributed by atoms with Gasteiger partial charge >= 0.3 is 0 Å². The Balaban J connectivity index is 3.28. The van der Waals surface area contributed by atoms with Crippen molar-refractivity contribution < 1.29 is 0 Å². The Morgan fingerprint density at radius 3 is 2.78 bits per heavy atom. The van der Waals surface area contributed by atoms with Crippen molar-refractivity contribution in [2.75, 3.05) is 5.75 Å². The van der Waals surface area contributed by atoms with E-state index in [0.29, 0.717) is 0 Å². The van der Waals surface area contributed by atoms with E-state index >= 15 is 0 Å². The third-order valence-corrected chi connectivity index (χ3v) is 2.07. The Labute approximate surface area is 61.8 Å². The maximum atomic E-state index is 5.32. The van der Waals surface area contributed by atoms with Gasteiger partial charge in [-0.3, -0.25) is 5.14 Å². The third kappa shape index (κ3) is 4.55. The first-order valence-electron chi connectivity index (χ1n) is 3.27. The highest BCUT2D eigenvalue weighted by Crippen LogP contribution is 2.11. The van der Waals surface area contributed by atoms with Crippen molar-refractivity contribution in [3.63, 3.8) is 0 Å². The van der Waals surface area contributed by atoms with Crippen LogP contribution in [0.25, 0.3) is 0 Å². The molecule has 0 fully saturated rings. The number of rotatable bonds is 5. The molecule has 0 rings (SSSR count). The molecule has 0 saturated carbocycles. The van der Waals surface area contributed by atoms with Gasteiger partial charge in [-0.25, -0.2) is 0 Å². The highest BCUT2D eigenvalue weighted by Gasteiger charge is 2.01. The molecule has 9 heavy (non-hydrogen) atoms. The van der Waals surface area contributed by atoms with Crippen molar-refractivity contribution in [3.8, 4) is 0 Å². The summed E-state index contributed by atoms with van der Waals surface area (Å²) in [5.74, 6) is 1.79. The van der Waals surface area contributed by atoms with Gasteiger partial charge in [-0.1, -0.05) is 31.4 Å². The van der Waals surface area contributed by atoms with Crippen LogP contribution in [0.2, 0.25) is 0 Å². The van der Waals surface area contributed by atoms with E-state index in [4.69, 9.17) is 5.14 Å². The zero-order valence-corrected chi connectivity index (χ0v) is 6.79. The second kappa shape index (κ2) is 6.17. The van der Waals surface area contributed by atoms with Gasteiger partial charge in [0.05, 0.1) is 0 Å². The van der Waals surface area contributed by atoms with Gasteiger partial charge in [0.1, 0.15) is 0 Å². The van der Waals surface area contributed by atoms with E-state index in [-0.39, 0.29) is 0 Å². The summed E-state index contributed by atoms with van der Waals surface area (Å²) in [4.78, 5) is 0. The summed E-state index contributed by atoms with van der Waals surface area (Å²) in [6.07, 6.45) is 4.27. The molecule has 2 heteroatoms. The minimum absolute atomic E-state index is 0.734. The lowest BCUT2D eigenvalue weighted by Gasteiger charge is -2.08. The van der Waals surface area contributed by atoms with Crippen LogP contribution in [0.5, 0.6) is 0 Å². The average Bonchev–Trinajstić information content (AvgIpc) is 1.88. The van der Waals surface area contributed by atoms with Gasteiger partial charge in [-0.15, -0.1) is 6.58 Å². The van der Waals surface area contributed by atoms with Crippen molar-refractivity contribution >= 4 is 11.9 Å². The molecule has 0 unspecified atom stereocenters. The first kappa shape index (κ1) is 9.05. The monoisotopic (exact) mass is 145 g/mol. The van der Waals surface area contributed by atoms with E-state index in [0.717, 1.165) is 18.1 Å². The van der Waals surface area contributed by atoms with E-state index in [9.17, 15) is 0 Å². The quantitative estimate of drug-likeness (QED) is 0.474. The molecule has 0 aliphatic rings. The molecule has 0 aromatic heterocycles. The molecule has 0 aromatic carbocycles. The number of nitrogens with two attached hydrogens (primary N) is 1. The lowest BCUT2D eigenvalue weighted by atomic mass is 10.1. The van der Waals surface area contributed by atoms with E-state index < -0.39 is 0 Å². The molecule has 0 heterocycles. The van der Waals surface area contributed by atoms with Gasteiger partial charge in [0.2, 0.25) is 0 Å². The van der Waals surface area contributed by atoms with Crippen LogP contribution in [0.3, 0.4) is 0 Å². The Hall–Kier alpha value is 0.0500. The van der Waals surface area contributed by atoms with Crippen molar-refractivity contribution in [2.24, 2.45) is 11.1 Å². The van der Waals surface area contributed by atoms with Gasteiger partial charge < -0.3 is 0 Å². The normalized spacial score (nSPS) is 13.1. The Morgan fingerprint density at radius 2 is 2.44 bits per heavy atom. The molecule has 0 spiro atoms. The SMILES string of the molecule is C=CC[C@H](CC)CSN. The maximum Gasteiger partial charge on any atom is 0.0108 e. The van der Waals surface area contributed by atoms with Crippen LogP contribution in [0.1, 0.15) is 19.8 Å². The predicted octanol–water partition coefficient (Wildman–Crippen LogP) is 2.20. The summed E-state index contributed by atoms with van der Waals surface area (Å²) in [5, 5.41) is 5.32. The minimum Gasteiger partial charge on any atom is -0.278 e. The first-order valence-corrected chi connectivity index (χ1v) is 4.32. The van der Waals surface area contributed by atoms with Gasteiger partial charge in [0.15, 0.2) is 0 Å². The van der Waals surface area contributed by atoms with E-state index in [2.05, 4.69) is 13.5 Å². The maximum absolute atomic E-state index is 5.32. The lowest BCUT2D eigenvalue weighted by Crippen LogP contribution is -2.02. The highest BCUT2D eigenvalue weighted by molar-refractivity contribution is 7.97. The van der Waals surface area contributed by atoms with E-state index in [1.807, 2.05) is 6.08 Å². The van der Waals surface area contributed by atoms with Gasteiger partial charge in [-0.05, 0) is 12.3 Å². The van der Waals surface area contributed by atoms with Crippen LogP contribution in [0.4, 0.5) is 0 Å². The molecule has 1 atom stereocenters. The van der Waals surface area contributed by atoms with Gasteiger partial charge in [0.25, 0.3) is 0 Å². The zero-order chi connectivity index (χ0) is 7.11. The summed E-state index contributed by atoms with van der Waals surface area (Å²) in [6.45, 7) is 5.87. The van der Waals surface area contributed by atoms with Crippen LogP contribution < -0.4 is 5.14 Å². The largest absolute Gasteiger partial charge is 0.278 e. The summed E-state index contributed by atoms with van der Waals surface area (Å²) >= 11 is 1.43. The van der Waals surface area contributed by atoms with E-state index in [1.165, 1.54) is 18.4 Å². The lowest BCUT2D eigenvalue weighted by molar-refractivity contribution is 0.583. The second-order valence-corrected chi connectivity index (χ2v) is 2.80. The summed E-state index contributed by atoms with van der Waals surface area (Å²) in [7, 11) is 0. The highest BCUT2D eigenvalue weighted by atomic mass is 32.2. The van der Waals surface area contributed by atoms with Crippen molar-refractivity contribution in [1.82, 2.24) is 0 Å². The number of hydrogen-bond donors (Lipinski definition) is 1. The van der Waals surface area contributed by atoms with Crippen molar-refractivity contribution in [2.45, 2.75) is 19.8 Å².